The Labute approximate surface area is 94.8 Å². The second-order valence-corrected chi connectivity index (χ2v) is 5.05. The largest absolute Gasteiger partial charge is 0.295 e. The van der Waals surface area contributed by atoms with Gasteiger partial charge in [-0.2, -0.15) is 12.6 Å². The molecule has 1 aliphatic heterocycles. The average Bonchev–Trinajstić information content (AvgIpc) is 2.64. The Hall–Kier alpha value is -0.250. The zero-order valence-corrected chi connectivity index (χ0v) is 9.91. The zero-order valence-electron chi connectivity index (χ0n) is 8.20. The molecule has 76 valence electrons. The van der Waals surface area contributed by atoms with Crippen molar-refractivity contribution in [1.82, 2.24) is 4.90 Å². The summed E-state index contributed by atoms with van der Waals surface area (Å²) >= 11 is 6.12. The number of nitrogens with zero attached hydrogens (tertiary/aromatic N) is 1. The maximum atomic E-state index is 4.23. The molecule has 0 bridgehead atoms. The molecule has 0 amide bonds. The fourth-order valence-electron chi connectivity index (χ4n) is 1.81. The average molecular weight is 225 g/mol. The van der Waals surface area contributed by atoms with E-state index in [0.29, 0.717) is 0 Å². The molecule has 2 heterocycles. The van der Waals surface area contributed by atoms with E-state index >= 15 is 0 Å². The molecule has 0 aromatic carbocycles. The third kappa shape index (κ3) is 2.22. The van der Waals surface area contributed by atoms with Crippen LogP contribution in [0, 0.1) is 0 Å². The molecule has 1 aromatic rings. The van der Waals surface area contributed by atoms with Gasteiger partial charge in [-0.05, 0) is 23.4 Å². The van der Waals surface area contributed by atoms with E-state index in [1.807, 2.05) is 11.3 Å². The van der Waals surface area contributed by atoms with Crippen molar-refractivity contribution in [3.8, 4) is 0 Å². The predicted octanol–water partition coefficient (Wildman–Crippen LogP) is 2.59. The Morgan fingerprint density at radius 1 is 1.64 bits per heavy atom. The van der Waals surface area contributed by atoms with Gasteiger partial charge in [0, 0.05) is 30.3 Å². The molecule has 0 atom stereocenters. The van der Waals surface area contributed by atoms with Crippen LogP contribution in [-0.4, -0.2) is 23.7 Å². The van der Waals surface area contributed by atoms with Crippen molar-refractivity contribution in [2.75, 3.05) is 18.8 Å². The third-order valence-electron chi connectivity index (χ3n) is 2.56. The monoisotopic (exact) mass is 225 g/mol. The second kappa shape index (κ2) is 4.51. The number of thiophene rings is 1. The number of hydrogen-bond acceptors (Lipinski definition) is 3. The molecule has 1 aromatic heterocycles. The molecule has 0 fully saturated rings. The molecule has 0 unspecified atom stereocenters. The Kier molecular flexibility index (Phi) is 3.31. The molecule has 0 saturated carbocycles. The van der Waals surface area contributed by atoms with Crippen LogP contribution >= 0.6 is 24.0 Å². The van der Waals surface area contributed by atoms with E-state index < -0.39 is 0 Å². The molecule has 1 aliphatic rings. The van der Waals surface area contributed by atoms with Gasteiger partial charge >= 0.3 is 0 Å². The fourth-order valence-corrected chi connectivity index (χ4v) is 2.80. The van der Waals surface area contributed by atoms with E-state index in [9.17, 15) is 0 Å². The van der Waals surface area contributed by atoms with Crippen LogP contribution in [-0.2, 0) is 13.0 Å². The molecule has 0 radical (unpaired) electrons. The van der Waals surface area contributed by atoms with Crippen LogP contribution < -0.4 is 0 Å². The normalized spacial score (nSPS) is 16.6. The van der Waals surface area contributed by atoms with E-state index in [0.717, 1.165) is 18.8 Å². The van der Waals surface area contributed by atoms with Crippen LogP contribution in [0.2, 0.25) is 0 Å². The summed E-state index contributed by atoms with van der Waals surface area (Å²) in [6.07, 6.45) is 1.20. The Morgan fingerprint density at radius 3 is 3.29 bits per heavy atom. The minimum absolute atomic E-state index is 0.799. The summed E-state index contributed by atoms with van der Waals surface area (Å²) in [5.41, 5.74) is 2.72. The number of hydrogen-bond donors (Lipinski definition) is 1. The number of thiol groups is 1. The summed E-state index contributed by atoms with van der Waals surface area (Å²) in [7, 11) is 0. The van der Waals surface area contributed by atoms with Gasteiger partial charge in [0.05, 0.1) is 0 Å². The molecule has 0 aliphatic carbocycles. The van der Waals surface area contributed by atoms with E-state index in [4.69, 9.17) is 0 Å². The summed E-state index contributed by atoms with van der Waals surface area (Å²) < 4.78 is 0. The van der Waals surface area contributed by atoms with Gasteiger partial charge in [0.15, 0.2) is 0 Å². The summed E-state index contributed by atoms with van der Waals surface area (Å²) in [6, 6.07) is 2.25. The Morgan fingerprint density at radius 2 is 2.50 bits per heavy atom. The minimum atomic E-state index is 0.799. The number of fused-ring (bicyclic) bond motifs is 1. The number of rotatable bonds is 3. The Balaban J connectivity index is 1.97. The van der Waals surface area contributed by atoms with Crippen molar-refractivity contribution < 1.29 is 0 Å². The lowest BCUT2D eigenvalue weighted by molar-refractivity contribution is 0.278. The molecule has 14 heavy (non-hydrogen) atoms. The molecular weight excluding hydrogens is 210 g/mol. The van der Waals surface area contributed by atoms with E-state index in [1.165, 1.54) is 24.1 Å². The SMILES string of the molecule is C=C(CS)CN1CCc2sccc2C1. The highest BCUT2D eigenvalue weighted by atomic mass is 32.1. The van der Waals surface area contributed by atoms with Crippen LogP contribution in [0.3, 0.4) is 0 Å². The molecule has 1 nitrogen and oxygen atoms in total. The van der Waals surface area contributed by atoms with E-state index in [2.05, 4.69) is 35.6 Å². The summed E-state index contributed by atoms with van der Waals surface area (Å²) in [6.45, 7) is 7.25. The molecular formula is C11H15NS2. The van der Waals surface area contributed by atoms with Gasteiger partial charge in [0.25, 0.3) is 0 Å². The molecule has 0 saturated heterocycles. The summed E-state index contributed by atoms with van der Waals surface area (Å²) in [4.78, 5) is 4.02. The first kappa shape index (κ1) is 10.3. The van der Waals surface area contributed by atoms with Crippen molar-refractivity contribution in [3.63, 3.8) is 0 Å². The van der Waals surface area contributed by atoms with Gasteiger partial charge < -0.3 is 0 Å². The maximum absolute atomic E-state index is 4.23. The smallest absolute Gasteiger partial charge is 0.0248 e. The minimum Gasteiger partial charge on any atom is -0.295 e. The standard InChI is InChI=1S/C11H15NS2/c1-9(8-13)6-12-4-2-11-10(7-12)3-5-14-11/h3,5,13H,1-2,4,6-8H2. The molecule has 0 spiro atoms. The van der Waals surface area contributed by atoms with E-state index in [-0.39, 0.29) is 0 Å². The highest BCUT2D eigenvalue weighted by molar-refractivity contribution is 7.80. The van der Waals surface area contributed by atoms with Gasteiger partial charge in [-0.1, -0.05) is 12.2 Å². The first-order valence-corrected chi connectivity index (χ1v) is 6.36. The first-order valence-electron chi connectivity index (χ1n) is 4.84. The lowest BCUT2D eigenvalue weighted by Crippen LogP contribution is -2.31. The fraction of sp³-hybridized carbons (Fsp3) is 0.455. The third-order valence-corrected chi connectivity index (χ3v) is 4.03. The van der Waals surface area contributed by atoms with Crippen molar-refractivity contribution in [2.24, 2.45) is 0 Å². The highest BCUT2D eigenvalue weighted by Gasteiger charge is 2.16. The molecule has 0 N–H and O–H groups in total. The highest BCUT2D eigenvalue weighted by Crippen LogP contribution is 2.24. The van der Waals surface area contributed by atoms with Gasteiger partial charge in [-0.3, -0.25) is 4.90 Å². The van der Waals surface area contributed by atoms with Crippen molar-refractivity contribution in [1.29, 1.82) is 0 Å². The molecule has 2 rings (SSSR count). The second-order valence-electron chi connectivity index (χ2n) is 3.74. The van der Waals surface area contributed by atoms with Crippen LogP contribution in [0.4, 0.5) is 0 Å². The zero-order chi connectivity index (χ0) is 9.97. The van der Waals surface area contributed by atoms with Crippen molar-refractivity contribution in [3.05, 3.63) is 34.0 Å². The van der Waals surface area contributed by atoms with Crippen molar-refractivity contribution in [2.45, 2.75) is 13.0 Å². The molecule has 3 heteroatoms. The lowest BCUT2D eigenvalue weighted by Gasteiger charge is -2.27. The topological polar surface area (TPSA) is 3.24 Å². The van der Waals surface area contributed by atoms with Gasteiger partial charge in [-0.15, -0.1) is 11.3 Å². The first-order chi connectivity index (χ1) is 6.79. The predicted molar refractivity (Wildman–Crippen MR) is 66.3 cm³/mol. The van der Waals surface area contributed by atoms with Gasteiger partial charge in [0.1, 0.15) is 0 Å². The van der Waals surface area contributed by atoms with Gasteiger partial charge in [-0.25, -0.2) is 0 Å². The van der Waals surface area contributed by atoms with Crippen LogP contribution in [0.15, 0.2) is 23.6 Å². The van der Waals surface area contributed by atoms with Crippen LogP contribution in [0.25, 0.3) is 0 Å². The van der Waals surface area contributed by atoms with E-state index in [1.54, 1.807) is 4.88 Å². The maximum Gasteiger partial charge on any atom is 0.0248 e. The van der Waals surface area contributed by atoms with Gasteiger partial charge in [0.2, 0.25) is 0 Å². The summed E-state index contributed by atoms with van der Waals surface area (Å²) in [5.74, 6) is 0.799. The quantitative estimate of drug-likeness (QED) is 0.611. The lowest BCUT2D eigenvalue weighted by atomic mass is 10.1. The van der Waals surface area contributed by atoms with Crippen molar-refractivity contribution >= 4 is 24.0 Å². The van der Waals surface area contributed by atoms with Crippen LogP contribution in [0.5, 0.6) is 0 Å². The van der Waals surface area contributed by atoms with Crippen LogP contribution in [0.1, 0.15) is 10.4 Å². The summed E-state index contributed by atoms with van der Waals surface area (Å²) in [5, 5.41) is 2.20. The Bertz CT molecular complexity index is 330.